The molecule has 3 rings (SSSR count). The van der Waals surface area contributed by atoms with Gasteiger partial charge in [-0.3, -0.25) is 14.2 Å². The van der Waals surface area contributed by atoms with E-state index in [1.807, 2.05) is 0 Å². The third kappa shape index (κ3) is 3.21. The van der Waals surface area contributed by atoms with Crippen LogP contribution in [0.5, 0.6) is 0 Å². The largest absolute Gasteiger partial charge is 0.291 e. The number of nitrogens with zero attached hydrogens (tertiary/aromatic N) is 7. The predicted octanol–water partition coefficient (Wildman–Crippen LogP) is 0.530. The Balaban J connectivity index is 1.63. The molecule has 24 heavy (non-hydrogen) atoms. The smallest absolute Gasteiger partial charge is 0.265 e. The van der Waals surface area contributed by atoms with Gasteiger partial charge >= 0.3 is 0 Å². The number of aryl methyl sites for hydroxylation is 2. The van der Waals surface area contributed by atoms with E-state index in [0.29, 0.717) is 12.4 Å². The third-order valence-electron chi connectivity index (χ3n) is 3.28. The molecule has 3 aromatic heterocycles. The van der Waals surface area contributed by atoms with E-state index in [1.165, 1.54) is 13.3 Å². The summed E-state index contributed by atoms with van der Waals surface area (Å²) in [5.41, 5.74) is 3.22. The number of nitrogens with one attached hydrogen (secondary N) is 1. The minimum absolute atomic E-state index is 0.197. The number of amides is 1. The van der Waals surface area contributed by atoms with Gasteiger partial charge in [-0.2, -0.15) is 24.8 Å². The maximum Gasteiger partial charge on any atom is 0.291 e. The van der Waals surface area contributed by atoms with Crippen molar-refractivity contribution in [3.8, 4) is 0 Å². The Morgan fingerprint density at radius 1 is 1.38 bits per heavy atom. The normalized spacial score (nSPS) is 11.3. The van der Waals surface area contributed by atoms with E-state index in [2.05, 4.69) is 25.8 Å². The Hall–Kier alpha value is -3.30. The zero-order valence-electron chi connectivity index (χ0n) is 13.1. The highest BCUT2D eigenvalue weighted by Gasteiger charge is 2.12. The number of carbonyl (C=O) groups excluding carboxylic acids is 1. The average molecular weight is 330 g/mol. The van der Waals surface area contributed by atoms with Crippen molar-refractivity contribution in [1.82, 2.24) is 34.8 Å². The van der Waals surface area contributed by atoms with Crippen molar-refractivity contribution in [2.24, 2.45) is 12.1 Å². The maximum atomic E-state index is 13.7. The van der Waals surface area contributed by atoms with Gasteiger partial charge in [0.1, 0.15) is 6.67 Å². The minimum atomic E-state index is -0.519. The van der Waals surface area contributed by atoms with Crippen molar-refractivity contribution in [2.75, 3.05) is 0 Å². The highest BCUT2D eigenvalue weighted by molar-refractivity contribution is 5.93. The lowest BCUT2D eigenvalue weighted by Gasteiger charge is -2.00. The van der Waals surface area contributed by atoms with E-state index in [4.69, 9.17) is 0 Å². The lowest BCUT2D eigenvalue weighted by atomic mass is 10.3. The first-order valence-corrected chi connectivity index (χ1v) is 7.08. The molecule has 9 nitrogen and oxygen atoms in total. The van der Waals surface area contributed by atoms with Crippen LogP contribution in [0.4, 0.5) is 4.39 Å². The van der Waals surface area contributed by atoms with Gasteiger partial charge in [-0.15, -0.1) is 0 Å². The molecular weight excluding hydrogens is 315 g/mol. The molecule has 0 saturated heterocycles. The minimum Gasteiger partial charge on any atom is -0.265 e. The zero-order valence-corrected chi connectivity index (χ0v) is 13.1. The van der Waals surface area contributed by atoms with Gasteiger partial charge in [0, 0.05) is 25.6 Å². The summed E-state index contributed by atoms with van der Waals surface area (Å²) in [7, 11) is 1.49. The van der Waals surface area contributed by atoms with Gasteiger partial charge in [-0.05, 0) is 19.1 Å². The van der Waals surface area contributed by atoms with Crippen molar-refractivity contribution in [3.05, 3.63) is 53.6 Å². The van der Waals surface area contributed by atoms with Crippen molar-refractivity contribution in [1.29, 1.82) is 0 Å². The summed E-state index contributed by atoms with van der Waals surface area (Å²) >= 11 is 0. The standard InChI is InChI=1S/C14H15FN8O/c1-10-11(13(15)21(2)19-10)8-16-18-14(24)12-4-7-23(20-12)9-22-6-3-5-17-22/h3-8H,9H2,1-2H3,(H,18,24). The molecule has 0 saturated carbocycles. The van der Waals surface area contributed by atoms with Crippen LogP contribution in [0.2, 0.25) is 0 Å². The average Bonchev–Trinajstić information content (AvgIpc) is 3.26. The molecule has 0 aliphatic heterocycles. The molecule has 0 unspecified atom stereocenters. The van der Waals surface area contributed by atoms with Crippen LogP contribution in [-0.2, 0) is 13.7 Å². The molecule has 1 amide bonds. The second kappa shape index (κ2) is 6.44. The molecule has 0 bridgehead atoms. The molecular formula is C14H15FN8O. The molecule has 124 valence electrons. The van der Waals surface area contributed by atoms with Crippen LogP contribution in [0, 0.1) is 12.9 Å². The molecule has 0 aromatic carbocycles. The lowest BCUT2D eigenvalue weighted by Crippen LogP contribution is -2.19. The lowest BCUT2D eigenvalue weighted by molar-refractivity contribution is 0.0949. The first-order chi connectivity index (χ1) is 11.5. The van der Waals surface area contributed by atoms with Crippen molar-refractivity contribution in [2.45, 2.75) is 13.6 Å². The first kappa shape index (κ1) is 15.6. The fraction of sp³-hybridized carbons (Fsp3) is 0.214. The molecule has 0 aliphatic carbocycles. The molecule has 3 heterocycles. The molecule has 0 fully saturated rings. The third-order valence-corrected chi connectivity index (χ3v) is 3.28. The molecule has 0 spiro atoms. The van der Waals surface area contributed by atoms with E-state index >= 15 is 0 Å². The fourth-order valence-corrected chi connectivity index (χ4v) is 2.10. The zero-order chi connectivity index (χ0) is 17.1. The molecule has 1 N–H and O–H groups in total. The Morgan fingerprint density at radius 2 is 2.21 bits per heavy atom. The second-order valence-electron chi connectivity index (χ2n) is 5.04. The number of hydrogen-bond donors (Lipinski definition) is 1. The van der Waals surface area contributed by atoms with Gasteiger partial charge in [0.15, 0.2) is 5.69 Å². The Kier molecular flexibility index (Phi) is 4.18. The van der Waals surface area contributed by atoms with Gasteiger partial charge in [-0.25, -0.2) is 10.1 Å². The van der Waals surface area contributed by atoms with Crippen LogP contribution in [0.25, 0.3) is 0 Å². The van der Waals surface area contributed by atoms with Gasteiger partial charge in [0.05, 0.1) is 17.5 Å². The van der Waals surface area contributed by atoms with Crippen LogP contribution in [0.1, 0.15) is 21.7 Å². The number of carbonyl (C=O) groups is 1. The maximum absolute atomic E-state index is 13.7. The Labute approximate surface area is 136 Å². The van der Waals surface area contributed by atoms with Gasteiger partial charge in [0.2, 0.25) is 5.95 Å². The van der Waals surface area contributed by atoms with E-state index < -0.39 is 11.9 Å². The van der Waals surface area contributed by atoms with Gasteiger partial charge < -0.3 is 0 Å². The van der Waals surface area contributed by atoms with E-state index in [-0.39, 0.29) is 11.3 Å². The molecule has 3 aromatic rings. The van der Waals surface area contributed by atoms with Crippen LogP contribution in [0.3, 0.4) is 0 Å². The van der Waals surface area contributed by atoms with E-state index in [0.717, 1.165) is 4.68 Å². The van der Waals surface area contributed by atoms with Crippen molar-refractivity contribution >= 4 is 12.1 Å². The first-order valence-electron chi connectivity index (χ1n) is 7.08. The summed E-state index contributed by atoms with van der Waals surface area (Å²) in [6.07, 6.45) is 6.32. The summed E-state index contributed by atoms with van der Waals surface area (Å²) in [5, 5.41) is 15.9. The molecule has 10 heteroatoms. The van der Waals surface area contributed by atoms with Crippen LogP contribution < -0.4 is 5.43 Å². The number of halogens is 1. The summed E-state index contributed by atoms with van der Waals surface area (Å²) < 4.78 is 18.1. The Morgan fingerprint density at radius 3 is 2.88 bits per heavy atom. The molecule has 0 radical (unpaired) electrons. The summed E-state index contributed by atoms with van der Waals surface area (Å²) in [4.78, 5) is 12.0. The molecule has 0 atom stereocenters. The van der Waals surface area contributed by atoms with E-state index in [9.17, 15) is 9.18 Å². The molecule has 0 aliphatic rings. The van der Waals surface area contributed by atoms with Gasteiger partial charge in [-0.1, -0.05) is 0 Å². The summed E-state index contributed by atoms with van der Waals surface area (Å²) in [6, 6.07) is 3.36. The number of rotatable bonds is 5. The van der Waals surface area contributed by atoms with Crippen molar-refractivity contribution in [3.63, 3.8) is 0 Å². The van der Waals surface area contributed by atoms with Crippen LogP contribution >= 0.6 is 0 Å². The van der Waals surface area contributed by atoms with E-state index in [1.54, 1.807) is 47.0 Å². The SMILES string of the molecule is Cc1nn(C)c(F)c1C=NNC(=O)c1ccn(Cn2cccn2)n1. The predicted molar refractivity (Wildman–Crippen MR) is 82.8 cm³/mol. The topological polar surface area (TPSA) is 94.9 Å². The highest BCUT2D eigenvalue weighted by atomic mass is 19.1. The Bertz CT molecular complexity index is 877. The van der Waals surface area contributed by atoms with Crippen molar-refractivity contribution < 1.29 is 9.18 Å². The number of hydrazone groups is 1. The summed E-state index contributed by atoms with van der Waals surface area (Å²) in [6.45, 7) is 2.05. The van der Waals surface area contributed by atoms with Crippen LogP contribution in [-0.4, -0.2) is 41.5 Å². The fourth-order valence-electron chi connectivity index (χ4n) is 2.10. The number of hydrogen-bond acceptors (Lipinski definition) is 5. The second-order valence-corrected chi connectivity index (χ2v) is 5.04. The quantitative estimate of drug-likeness (QED) is 0.545. The highest BCUT2D eigenvalue weighted by Crippen LogP contribution is 2.07. The summed E-state index contributed by atoms with van der Waals surface area (Å²) in [5.74, 6) is -1.01. The van der Waals surface area contributed by atoms with Gasteiger partial charge in [0.25, 0.3) is 5.91 Å². The monoisotopic (exact) mass is 330 g/mol. The number of aromatic nitrogens is 6. The van der Waals surface area contributed by atoms with Crippen LogP contribution in [0.15, 0.2) is 35.8 Å².